The van der Waals surface area contributed by atoms with Crippen molar-refractivity contribution < 1.29 is 22.4 Å². The molecule has 158 valence electrons. The van der Waals surface area contributed by atoms with Crippen LogP contribution in [0.1, 0.15) is 32.8 Å². The van der Waals surface area contributed by atoms with E-state index in [9.17, 15) is 22.4 Å². The Morgan fingerprint density at radius 2 is 1.71 bits per heavy atom. The average Bonchev–Trinajstić information content (AvgIpc) is 2.59. The third kappa shape index (κ3) is 7.93. The number of rotatable bonds is 10. The molecule has 0 spiro atoms. The summed E-state index contributed by atoms with van der Waals surface area (Å²) in [4.78, 5) is 26.6. The number of sulfonamides is 1. The lowest BCUT2D eigenvalue weighted by Crippen LogP contribution is -2.50. The van der Waals surface area contributed by atoms with Crippen LogP contribution in [0.5, 0.6) is 0 Å². The molecule has 2 amide bonds. The van der Waals surface area contributed by atoms with Crippen LogP contribution in [0.4, 0.5) is 4.39 Å². The predicted octanol–water partition coefficient (Wildman–Crippen LogP) is 1.60. The van der Waals surface area contributed by atoms with Crippen LogP contribution in [0.25, 0.3) is 0 Å². The predicted molar refractivity (Wildman–Crippen MR) is 106 cm³/mol. The molecule has 0 fully saturated rings. The molecule has 0 saturated carbocycles. The molecule has 28 heavy (non-hydrogen) atoms. The number of amides is 2. The fraction of sp³-hybridized carbons (Fsp3) is 0.579. The van der Waals surface area contributed by atoms with Crippen LogP contribution in [0.2, 0.25) is 0 Å². The summed E-state index contributed by atoms with van der Waals surface area (Å²) in [5.74, 6) is -0.809. The van der Waals surface area contributed by atoms with Crippen molar-refractivity contribution in [2.45, 2.75) is 39.8 Å². The van der Waals surface area contributed by atoms with Gasteiger partial charge < -0.3 is 10.2 Å². The third-order valence-corrected chi connectivity index (χ3v) is 5.64. The number of nitrogens with one attached hydrogen (secondary N) is 1. The first-order valence-electron chi connectivity index (χ1n) is 9.14. The Morgan fingerprint density at radius 3 is 2.21 bits per heavy atom. The van der Waals surface area contributed by atoms with Crippen LogP contribution < -0.4 is 5.32 Å². The van der Waals surface area contributed by atoms with Crippen molar-refractivity contribution in [1.29, 1.82) is 0 Å². The molecule has 0 aromatic heterocycles. The molecule has 0 radical (unpaired) electrons. The number of hydrogen-bond donors (Lipinski definition) is 1. The number of halogens is 1. The highest BCUT2D eigenvalue weighted by Gasteiger charge is 2.28. The minimum Gasteiger partial charge on any atom is -0.354 e. The maximum atomic E-state index is 13.2. The van der Waals surface area contributed by atoms with Gasteiger partial charge in [-0.05, 0) is 37.0 Å². The van der Waals surface area contributed by atoms with E-state index in [0.717, 1.165) is 17.0 Å². The van der Waals surface area contributed by atoms with Crippen LogP contribution in [-0.2, 0) is 26.2 Å². The van der Waals surface area contributed by atoms with Gasteiger partial charge in [0.2, 0.25) is 21.8 Å². The summed E-state index contributed by atoms with van der Waals surface area (Å²) in [7, 11) is -2.24. The van der Waals surface area contributed by atoms with E-state index in [1.807, 2.05) is 13.8 Å². The van der Waals surface area contributed by atoms with Crippen molar-refractivity contribution in [1.82, 2.24) is 14.5 Å². The first kappa shape index (κ1) is 24.0. The van der Waals surface area contributed by atoms with E-state index in [0.29, 0.717) is 18.0 Å². The summed E-state index contributed by atoms with van der Waals surface area (Å²) < 4.78 is 37.3. The zero-order valence-corrected chi connectivity index (χ0v) is 17.9. The first-order chi connectivity index (χ1) is 12.9. The highest BCUT2D eigenvalue weighted by Crippen LogP contribution is 2.12. The Hall–Kier alpha value is -2.00. The summed E-state index contributed by atoms with van der Waals surface area (Å²) in [5.41, 5.74) is 0.638. The monoisotopic (exact) mass is 415 g/mol. The summed E-state index contributed by atoms with van der Waals surface area (Å²) in [6.45, 7) is 5.84. The molecule has 1 N–H and O–H groups in total. The Labute approximate surface area is 166 Å². The van der Waals surface area contributed by atoms with E-state index in [1.54, 1.807) is 6.92 Å². The third-order valence-electron chi connectivity index (χ3n) is 4.38. The van der Waals surface area contributed by atoms with Gasteiger partial charge in [0, 0.05) is 20.1 Å². The van der Waals surface area contributed by atoms with Crippen molar-refractivity contribution >= 4 is 21.8 Å². The lowest BCUT2D eigenvalue weighted by atomic mass is 10.1. The van der Waals surface area contributed by atoms with Crippen molar-refractivity contribution in [2.24, 2.45) is 5.92 Å². The molecular weight excluding hydrogens is 385 g/mol. The molecule has 1 rings (SSSR count). The number of hydrogen-bond acceptors (Lipinski definition) is 4. The van der Waals surface area contributed by atoms with E-state index in [-0.39, 0.29) is 19.0 Å². The SMILES string of the molecule is CC(C)CCNC(=O)[C@@H](C)N(Cc1ccc(F)cc1)C(=O)CN(C)S(C)(=O)=O. The highest BCUT2D eigenvalue weighted by molar-refractivity contribution is 7.88. The quantitative estimate of drug-likeness (QED) is 0.629. The topological polar surface area (TPSA) is 86.8 Å². The lowest BCUT2D eigenvalue weighted by Gasteiger charge is -2.30. The smallest absolute Gasteiger partial charge is 0.242 e. The molecule has 0 aliphatic carbocycles. The zero-order valence-electron chi connectivity index (χ0n) is 17.1. The van der Waals surface area contributed by atoms with E-state index >= 15 is 0 Å². The minimum atomic E-state index is -3.54. The second-order valence-electron chi connectivity index (χ2n) is 7.32. The maximum Gasteiger partial charge on any atom is 0.242 e. The average molecular weight is 416 g/mol. The van der Waals surface area contributed by atoms with Gasteiger partial charge in [-0.3, -0.25) is 9.59 Å². The van der Waals surface area contributed by atoms with E-state index in [2.05, 4.69) is 5.32 Å². The molecule has 0 bridgehead atoms. The zero-order chi connectivity index (χ0) is 21.5. The molecular formula is C19H30FN3O4S. The van der Waals surface area contributed by atoms with Crippen molar-refractivity contribution in [3.63, 3.8) is 0 Å². The molecule has 0 saturated heterocycles. The van der Waals surface area contributed by atoms with Crippen LogP contribution >= 0.6 is 0 Å². The number of carbonyl (C=O) groups excluding carboxylic acids is 2. The Bertz CT molecular complexity index is 766. The summed E-state index contributed by atoms with van der Waals surface area (Å²) in [6, 6.07) is 4.79. The highest BCUT2D eigenvalue weighted by atomic mass is 32.2. The normalized spacial score (nSPS) is 12.9. The fourth-order valence-corrected chi connectivity index (χ4v) is 2.74. The molecule has 1 aromatic carbocycles. The first-order valence-corrected chi connectivity index (χ1v) is 11.0. The molecule has 1 aromatic rings. The standard InChI is InChI=1S/C19H30FN3O4S/c1-14(2)10-11-21-19(25)15(3)23(12-16-6-8-17(20)9-7-16)18(24)13-22(4)28(5,26)27/h6-9,14-15H,10-13H2,1-5H3,(H,21,25)/t15-/m1/s1. The van der Waals surface area contributed by atoms with E-state index in [4.69, 9.17) is 0 Å². The van der Waals surface area contributed by atoms with Crippen LogP contribution in [0.15, 0.2) is 24.3 Å². The van der Waals surface area contributed by atoms with Crippen molar-refractivity contribution in [2.75, 3.05) is 26.4 Å². The van der Waals surface area contributed by atoms with Gasteiger partial charge in [0.1, 0.15) is 11.9 Å². The number of benzene rings is 1. The summed E-state index contributed by atoms with van der Waals surface area (Å²) in [5, 5.41) is 2.80. The summed E-state index contributed by atoms with van der Waals surface area (Å²) >= 11 is 0. The van der Waals surface area contributed by atoms with Gasteiger partial charge in [0.05, 0.1) is 12.8 Å². The second kappa shape index (κ2) is 10.5. The number of likely N-dealkylation sites (N-methyl/N-ethyl adjacent to an activating group) is 1. The fourth-order valence-electron chi connectivity index (χ4n) is 2.40. The Kier molecular flexibility index (Phi) is 9.03. The molecule has 0 unspecified atom stereocenters. The van der Waals surface area contributed by atoms with Gasteiger partial charge in [-0.15, -0.1) is 0 Å². The molecule has 1 atom stereocenters. The Morgan fingerprint density at radius 1 is 1.14 bits per heavy atom. The number of nitrogens with zero attached hydrogens (tertiary/aromatic N) is 2. The maximum absolute atomic E-state index is 13.2. The summed E-state index contributed by atoms with van der Waals surface area (Å²) in [6.07, 6.45) is 1.81. The van der Waals surface area contributed by atoms with Gasteiger partial charge in [-0.1, -0.05) is 26.0 Å². The molecule has 9 heteroatoms. The van der Waals surface area contributed by atoms with Crippen LogP contribution in [0, 0.1) is 11.7 Å². The number of carbonyl (C=O) groups is 2. The Balaban J connectivity index is 2.96. The second-order valence-corrected chi connectivity index (χ2v) is 9.41. The van der Waals surface area contributed by atoms with Crippen molar-refractivity contribution in [3.05, 3.63) is 35.6 Å². The minimum absolute atomic E-state index is 0.0650. The van der Waals surface area contributed by atoms with Gasteiger partial charge in [-0.2, -0.15) is 4.31 Å². The molecule has 7 nitrogen and oxygen atoms in total. The molecule has 0 aliphatic heterocycles. The van der Waals surface area contributed by atoms with E-state index in [1.165, 1.54) is 36.2 Å². The van der Waals surface area contributed by atoms with Crippen molar-refractivity contribution in [3.8, 4) is 0 Å². The largest absolute Gasteiger partial charge is 0.354 e. The van der Waals surface area contributed by atoms with Gasteiger partial charge in [0.15, 0.2) is 0 Å². The molecule has 0 aliphatic rings. The van der Waals surface area contributed by atoms with Crippen LogP contribution in [0.3, 0.4) is 0 Å². The van der Waals surface area contributed by atoms with E-state index < -0.39 is 27.8 Å². The lowest BCUT2D eigenvalue weighted by molar-refractivity contribution is -0.140. The van der Waals surface area contributed by atoms with Gasteiger partial charge >= 0.3 is 0 Å². The van der Waals surface area contributed by atoms with Gasteiger partial charge in [0.25, 0.3) is 0 Å². The van der Waals surface area contributed by atoms with Crippen LogP contribution in [-0.4, -0.2) is 61.9 Å². The van der Waals surface area contributed by atoms with Gasteiger partial charge in [-0.25, -0.2) is 12.8 Å². The molecule has 0 heterocycles.